The number of hydrogen-bond acceptors (Lipinski definition) is 4. The normalized spacial score (nSPS) is 11.1. The van der Waals surface area contributed by atoms with Crippen LogP contribution in [0.15, 0.2) is 108 Å². The molecule has 4 rings (SSSR count). The quantitative estimate of drug-likeness (QED) is 0.319. The third kappa shape index (κ3) is 6.31. The highest BCUT2D eigenvalue weighted by Gasteiger charge is 2.27. The number of nitrogens with zero attached hydrogens (tertiary/aromatic N) is 1. The molecule has 0 radical (unpaired) electrons. The van der Waals surface area contributed by atoms with Gasteiger partial charge in [-0.05, 0) is 67.9 Å². The van der Waals surface area contributed by atoms with Gasteiger partial charge in [0.1, 0.15) is 18.9 Å². The zero-order valence-corrected chi connectivity index (χ0v) is 21.0. The number of rotatable bonds is 9. The molecule has 0 saturated heterocycles. The molecule has 0 aliphatic rings. The van der Waals surface area contributed by atoms with Gasteiger partial charge in [0.15, 0.2) is 0 Å². The lowest BCUT2D eigenvalue weighted by molar-refractivity contribution is -0.114. The second kappa shape index (κ2) is 11.1. The molecule has 0 saturated carbocycles. The van der Waals surface area contributed by atoms with Gasteiger partial charge in [-0.15, -0.1) is 0 Å². The highest BCUT2D eigenvalue weighted by molar-refractivity contribution is 7.92. The van der Waals surface area contributed by atoms with Crippen molar-refractivity contribution in [3.8, 4) is 5.75 Å². The van der Waals surface area contributed by atoms with Crippen molar-refractivity contribution in [1.82, 2.24) is 0 Å². The lowest BCUT2D eigenvalue weighted by atomic mass is 10.2. The van der Waals surface area contributed by atoms with Crippen molar-refractivity contribution in [2.75, 3.05) is 16.2 Å². The minimum Gasteiger partial charge on any atom is -0.489 e. The fourth-order valence-electron chi connectivity index (χ4n) is 3.57. The van der Waals surface area contributed by atoms with Gasteiger partial charge in [-0.1, -0.05) is 65.7 Å². The minimum atomic E-state index is -3.96. The van der Waals surface area contributed by atoms with Crippen LogP contribution in [-0.4, -0.2) is 20.9 Å². The number of benzene rings is 4. The summed E-state index contributed by atoms with van der Waals surface area (Å²) in [6.45, 7) is 3.88. The van der Waals surface area contributed by atoms with Gasteiger partial charge in [0.25, 0.3) is 10.0 Å². The third-order valence-corrected chi connectivity index (χ3v) is 7.39. The summed E-state index contributed by atoms with van der Waals surface area (Å²) < 4.78 is 33.9. The molecule has 0 aliphatic heterocycles. The van der Waals surface area contributed by atoms with Crippen LogP contribution < -0.4 is 14.4 Å². The first-order chi connectivity index (χ1) is 17.3. The summed E-state index contributed by atoms with van der Waals surface area (Å²) >= 11 is 0. The van der Waals surface area contributed by atoms with Gasteiger partial charge >= 0.3 is 0 Å². The van der Waals surface area contributed by atoms with Crippen molar-refractivity contribution in [2.45, 2.75) is 25.3 Å². The molecule has 1 N–H and O–H groups in total. The SMILES string of the molecule is Cc1ccc(N(CC(=O)Nc2ccc(OCc3ccccc3)cc2)S(=O)(=O)c2ccc(C)cc2)cc1. The Labute approximate surface area is 212 Å². The van der Waals surface area contributed by atoms with Crippen molar-refractivity contribution in [3.05, 3.63) is 120 Å². The molecule has 0 aliphatic carbocycles. The highest BCUT2D eigenvalue weighted by atomic mass is 32.2. The van der Waals surface area contributed by atoms with E-state index in [4.69, 9.17) is 4.74 Å². The number of ether oxygens (including phenoxy) is 1. The van der Waals surface area contributed by atoms with Crippen LogP contribution in [0.4, 0.5) is 11.4 Å². The van der Waals surface area contributed by atoms with E-state index >= 15 is 0 Å². The van der Waals surface area contributed by atoms with Crippen LogP contribution in [0.1, 0.15) is 16.7 Å². The minimum absolute atomic E-state index is 0.126. The van der Waals surface area contributed by atoms with Gasteiger partial charge in [-0.2, -0.15) is 0 Å². The second-order valence-electron chi connectivity index (χ2n) is 8.51. The summed E-state index contributed by atoms with van der Waals surface area (Å²) in [6.07, 6.45) is 0. The fraction of sp³-hybridized carbons (Fsp3) is 0.138. The molecule has 36 heavy (non-hydrogen) atoms. The molecule has 0 aromatic heterocycles. The van der Waals surface area contributed by atoms with Crippen molar-refractivity contribution in [2.24, 2.45) is 0 Å². The lowest BCUT2D eigenvalue weighted by Crippen LogP contribution is -2.38. The first-order valence-electron chi connectivity index (χ1n) is 11.5. The molecule has 0 fully saturated rings. The molecule has 0 heterocycles. The number of carbonyl (C=O) groups excluding carboxylic acids is 1. The topological polar surface area (TPSA) is 75.7 Å². The highest BCUT2D eigenvalue weighted by Crippen LogP contribution is 2.25. The molecule has 1 amide bonds. The molecule has 4 aromatic rings. The molecule has 0 spiro atoms. The summed E-state index contributed by atoms with van der Waals surface area (Å²) in [5.41, 5.74) is 3.96. The number of aryl methyl sites for hydroxylation is 2. The monoisotopic (exact) mass is 500 g/mol. The first-order valence-corrected chi connectivity index (χ1v) is 13.0. The molecule has 0 unspecified atom stereocenters. The number of sulfonamides is 1. The van der Waals surface area contributed by atoms with Gasteiger partial charge in [0.05, 0.1) is 10.6 Å². The Hall–Kier alpha value is -4.10. The van der Waals surface area contributed by atoms with Gasteiger partial charge in [0.2, 0.25) is 5.91 Å². The molecule has 7 heteroatoms. The fourth-order valence-corrected chi connectivity index (χ4v) is 4.99. The first kappa shape index (κ1) is 25.0. The van der Waals surface area contributed by atoms with E-state index in [1.165, 1.54) is 0 Å². The predicted molar refractivity (Wildman–Crippen MR) is 143 cm³/mol. The van der Waals surface area contributed by atoms with Crippen LogP contribution in [0.3, 0.4) is 0 Å². The van der Waals surface area contributed by atoms with Crippen molar-refractivity contribution < 1.29 is 17.9 Å². The Balaban J connectivity index is 1.48. The number of anilines is 2. The number of carbonyl (C=O) groups is 1. The zero-order chi connectivity index (χ0) is 25.5. The zero-order valence-electron chi connectivity index (χ0n) is 20.2. The van der Waals surface area contributed by atoms with Crippen LogP contribution in [0.25, 0.3) is 0 Å². The van der Waals surface area contributed by atoms with E-state index in [-0.39, 0.29) is 11.4 Å². The van der Waals surface area contributed by atoms with Crippen molar-refractivity contribution >= 4 is 27.3 Å². The lowest BCUT2D eigenvalue weighted by Gasteiger charge is -2.24. The van der Waals surface area contributed by atoms with E-state index in [9.17, 15) is 13.2 Å². The standard InChI is InChI=1S/C29H28N2O4S/c1-22-8-14-26(15-9-22)31(36(33,34)28-18-10-23(2)11-19-28)20-29(32)30-25-12-16-27(17-13-25)35-21-24-6-4-3-5-7-24/h3-19H,20-21H2,1-2H3,(H,30,32). The number of nitrogens with one attached hydrogen (secondary N) is 1. The molecular weight excluding hydrogens is 472 g/mol. The number of amides is 1. The van der Waals surface area contributed by atoms with E-state index in [1.54, 1.807) is 60.7 Å². The van der Waals surface area contributed by atoms with E-state index in [2.05, 4.69) is 5.32 Å². The van der Waals surface area contributed by atoms with Crippen LogP contribution in [0.2, 0.25) is 0 Å². The summed E-state index contributed by atoms with van der Waals surface area (Å²) in [6, 6.07) is 30.4. The number of hydrogen-bond donors (Lipinski definition) is 1. The maximum atomic E-state index is 13.5. The van der Waals surface area contributed by atoms with Crippen molar-refractivity contribution in [1.29, 1.82) is 0 Å². The molecule has 6 nitrogen and oxygen atoms in total. The molecule has 184 valence electrons. The van der Waals surface area contributed by atoms with Crippen LogP contribution in [0, 0.1) is 13.8 Å². The Bertz CT molecular complexity index is 1400. The largest absolute Gasteiger partial charge is 0.489 e. The maximum Gasteiger partial charge on any atom is 0.264 e. The maximum absolute atomic E-state index is 13.5. The van der Waals surface area contributed by atoms with Gasteiger partial charge in [-0.3, -0.25) is 9.10 Å². The Morgan fingerprint density at radius 3 is 1.97 bits per heavy atom. The molecule has 0 atom stereocenters. The van der Waals surface area contributed by atoms with Gasteiger partial charge in [0, 0.05) is 5.69 Å². The summed E-state index contributed by atoms with van der Waals surface area (Å²) in [5, 5.41) is 2.79. The smallest absolute Gasteiger partial charge is 0.264 e. The van der Waals surface area contributed by atoms with Crippen LogP contribution in [-0.2, 0) is 21.4 Å². The van der Waals surface area contributed by atoms with Gasteiger partial charge < -0.3 is 10.1 Å². The molecule has 0 bridgehead atoms. The average molecular weight is 501 g/mol. The Kier molecular flexibility index (Phi) is 7.71. The summed E-state index contributed by atoms with van der Waals surface area (Å²) in [7, 11) is -3.96. The molecular formula is C29H28N2O4S. The van der Waals surface area contributed by atoms with Crippen molar-refractivity contribution in [3.63, 3.8) is 0 Å². The summed E-state index contributed by atoms with van der Waals surface area (Å²) in [5.74, 6) is 0.212. The Morgan fingerprint density at radius 2 is 1.36 bits per heavy atom. The van der Waals surface area contributed by atoms with E-state index in [0.717, 1.165) is 21.0 Å². The van der Waals surface area contributed by atoms with E-state index in [1.807, 2.05) is 56.3 Å². The predicted octanol–water partition coefficient (Wildman–Crippen LogP) is 5.72. The van der Waals surface area contributed by atoms with Crippen LogP contribution >= 0.6 is 0 Å². The Morgan fingerprint density at radius 1 is 0.778 bits per heavy atom. The second-order valence-corrected chi connectivity index (χ2v) is 10.4. The van der Waals surface area contributed by atoms with E-state index < -0.39 is 15.9 Å². The van der Waals surface area contributed by atoms with Gasteiger partial charge in [-0.25, -0.2) is 8.42 Å². The summed E-state index contributed by atoms with van der Waals surface area (Å²) in [4.78, 5) is 13.1. The average Bonchev–Trinajstić information content (AvgIpc) is 2.88. The third-order valence-electron chi connectivity index (χ3n) is 5.60. The van der Waals surface area contributed by atoms with Crippen LogP contribution in [0.5, 0.6) is 5.75 Å². The molecule has 4 aromatic carbocycles. The van der Waals surface area contributed by atoms with E-state index in [0.29, 0.717) is 23.7 Å².